The highest BCUT2D eigenvalue weighted by Crippen LogP contribution is 1.93. The van der Waals surface area contributed by atoms with Gasteiger partial charge in [-0.25, -0.2) is 0 Å². The summed E-state index contributed by atoms with van der Waals surface area (Å²) >= 11 is 0. The highest BCUT2D eigenvalue weighted by Gasteiger charge is 2.18. The fourth-order valence-electron chi connectivity index (χ4n) is 1.39. The van der Waals surface area contributed by atoms with Gasteiger partial charge in [0.15, 0.2) is 0 Å². The van der Waals surface area contributed by atoms with E-state index in [9.17, 15) is 0 Å². The maximum absolute atomic E-state index is 2.31. The van der Waals surface area contributed by atoms with E-state index >= 15 is 0 Å². The van der Waals surface area contributed by atoms with Crippen molar-refractivity contribution in [1.29, 1.82) is 0 Å². The standard InChI is InChI=1S/C6H19N3Si/c1-7(2)10(8(3)4)9(5)6/h10H,1-6H3. The summed E-state index contributed by atoms with van der Waals surface area (Å²) in [5, 5.41) is 0. The second-order valence-corrected chi connectivity index (χ2v) is 7.03. The predicted octanol–water partition coefficient (Wildman–Crippen LogP) is -0.612. The normalized spacial score (nSPS) is 12.6. The molecular weight excluding hydrogens is 142 g/mol. The molecule has 0 N–H and O–H groups in total. The third kappa shape index (κ3) is 2.79. The van der Waals surface area contributed by atoms with E-state index in [-0.39, 0.29) is 0 Å². The molecule has 0 fully saturated rings. The van der Waals surface area contributed by atoms with Crippen molar-refractivity contribution in [3.8, 4) is 0 Å². The second-order valence-electron chi connectivity index (χ2n) is 3.24. The molecule has 0 aromatic rings. The number of rotatable bonds is 3. The Labute approximate surface area is 66.1 Å². The number of hydrogen-bond acceptors (Lipinski definition) is 3. The largest absolute Gasteiger partial charge is 0.308 e. The van der Waals surface area contributed by atoms with Crippen LogP contribution in [0.5, 0.6) is 0 Å². The SMILES string of the molecule is CN(C)[SiH](N(C)C)N(C)C. The fourth-order valence-corrected chi connectivity index (χ4v) is 4.16. The molecule has 0 saturated carbocycles. The van der Waals surface area contributed by atoms with Crippen LogP contribution in [0.2, 0.25) is 0 Å². The van der Waals surface area contributed by atoms with Crippen molar-refractivity contribution in [2.75, 3.05) is 42.3 Å². The first-order valence-electron chi connectivity index (χ1n) is 3.46. The summed E-state index contributed by atoms with van der Waals surface area (Å²) in [5.41, 5.74) is 0. The van der Waals surface area contributed by atoms with E-state index in [1.165, 1.54) is 0 Å². The molecule has 0 heterocycles. The van der Waals surface area contributed by atoms with Crippen LogP contribution in [0.15, 0.2) is 0 Å². The summed E-state index contributed by atoms with van der Waals surface area (Å²) < 4.78 is 6.92. The van der Waals surface area contributed by atoms with Crippen molar-refractivity contribution in [3.05, 3.63) is 0 Å². The van der Waals surface area contributed by atoms with Crippen LogP contribution in [0, 0.1) is 0 Å². The van der Waals surface area contributed by atoms with E-state index < -0.39 is 9.28 Å². The molecule has 0 aliphatic carbocycles. The lowest BCUT2D eigenvalue weighted by Crippen LogP contribution is -2.55. The summed E-state index contributed by atoms with van der Waals surface area (Å²) in [6.07, 6.45) is 0. The lowest BCUT2D eigenvalue weighted by Gasteiger charge is -2.33. The smallest absolute Gasteiger partial charge is 0.271 e. The quantitative estimate of drug-likeness (QED) is 0.511. The molecule has 0 unspecified atom stereocenters. The Balaban J connectivity index is 3.98. The minimum atomic E-state index is -0.954. The lowest BCUT2D eigenvalue weighted by atomic mass is 11.2. The average molecular weight is 161 g/mol. The van der Waals surface area contributed by atoms with E-state index in [1.54, 1.807) is 0 Å². The van der Waals surface area contributed by atoms with Crippen molar-refractivity contribution in [3.63, 3.8) is 0 Å². The van der Waals surface area contributed by atoms with Gasteiger partial charge in [0, 0.05) is 0 Å². The molecule has 0 saturated heterocycles. The zero-order chi connectivity index (χ0) is 8.31. The maximum Gasteiger partial charge on any atom is 0.271 e. The van der Waals surface area contributed by atoms with Crippen LogP contribution in [0.4, 0.5) is 0 Å². The molecule has 0 radical (unpaired) electrons. The van der Waals surface area contributed by atoms with Gasteiger partial charge >= 0.3 is 0 Å². The summed E-state index contributed by atoms with van der Waals surface area (Å²) in [5.74, 6) is 0. The third-order valence-electron chi connectivity index (χ3n) is 1.39. The van der Waals surface area contributed by atoms with E-state index in [4.69, 9.17) is 0 Å². The Morgan fingerprint density at radius 2 is 0.800 bits per heavy atom. The molecule has 0 aromatic heterocycles. The van der Waals surface area contributed by atoms with Crippen LogP contribution >= 0.6 is 0 Å². The Bertz CT molecular complexity index is 74.0. The van der Waals surface area contributed by atoms with Gasteiger partial charge in [-0.05, 0) is 42.3 Å². The van der Waals surface area contributed by atoms with E-state index in [0.29, 0.717) is 0 Å². The van der Waals surface area contributed by atoms with E-state index in [1.807, 2.05) is 0 Å². The molecule has 0 aliphatic rings. The van der Waals surface area contributed by atoms with Gasteiger partial charge in [-0.15, -0.1) is 0 Å². The van der Waals surface area contributed by atoms with Crippen molar-refractivity contribution >= 4 is 9.28 Å². The Morgan fingerprint density at radius 1 is 0.600 bits per heavy atom. The summed E-state index contributed by atoms with van der Waals surface area (Å²) in [7, 11) is 11.9. The monoisotopic (exact) mass is 161 g/mol. The highest BCUT2D eigenvalue weighted by atomic mass is 28.3. The van der Waals surface area contributed by atoms with Crippen LogP contribution < -0.4 is 0 Å². The van der Waals surface area contributed by atoms with Gasteiger partial charge in [-0.1, -0.05) is 0 Å². The maximum atomic E-state index is 2.31. The van der Waals surface area contributed by atoms with Gasteiger partial charge in [0.2, 0.25) is 0 Å². The van der Waals surface area contributed by atoms with Gasteiger partial charge in [-0.2, -0.15) is 0 Å². The second kappa shape index (κ2) is 4.08. The molecule has 0 aliphatic heterocycles. The topological polar surface area (TPSA) is 9.72 Å². The van der Waals surface area contributed by atoms with Crippen LogP contribution in [0.1, 0.15) is 0 Å². The molecule has 4 heteroatoms. The number of nitrogens with zero attached hydrogens (tertiary/aromatic N) is 3. The molecule has 62 valence electrons. The summed E-state index contributed by atoms with van der Waals surface area (Å²) in [4.78, 5) is 0. The van der Waals surface area contributed by atoms with Gasteiger partial charge in [0.1, 0.15) is 0 Å². The van der Waals surface area contributed by atoms with Gasteiger partial charge in [0.05, 0.1) is 0 Å². The molecule has 0 rings (SSSR count). The first-order chi connectivity index (χ1) is 4.46. The first kappa shape index (κ1) is 10.1. The highest BCUT2D eigenvalue weighted by molar-refractivity contribution is 6.49. The molecule has 0 bridgehead atoms. The molecule has 0 atom stereocenters. The van der Waals surface area contributed by atoms with Crippen molar-refractivity contribution < 1.29 is 0 Å². The number of hydrogen-bond donors (Lipinski definition) is 0. The van der Waals surface area contributed by atoms with Crippen molar-refractivity contribution in [1.82, 2.24) is 13.7 Å². The predicted molar refractivity (Wildman–Crippen MR) is 48.2 cm³/mol. The molecule has 3 nitrogen and oxygen atoms in total. The third-order valence-corrected chi connectivity index (χ3v) is 4.16. The minimum Gasteiger partial charge on any atom is -0.308 e. The molecular formula is C6H19N3Si. The van der Waals surface area contributed by atoms with E-state index in [2.05, 4.69) is 56.0 Å². The summed E-state index contributed by atoms with van der Waals surface area (Å²) in [6.45, 7) is 0. The van der Waals surface area contributed by atoms with E-state index in [0.717, 1.165) is 0 Å². The lowest BCUT2D eigenvalue weighted by molar-refractivity contribution is 0.420. The molecule has 10 heavy (non-hydrogen) atoms. The summed E-state index contributed by atoms with van der Waals surface area (Å²) in [6, 6.07) is 0. The van der Waals surface area contributed by atoms with Crippen LogP contribution in [-0.2, 0) is 0 Å². The Morgan fingerprint density at radius 3 is 0.800 bits per heavy atom. The van der Waals surface area contributed by atoms with Crippen LogP contribution in [0.25, 0.3) is 0 Å². The van der Waals surface area contributed by atoms with Gasteiger partial charge in [0.25, 0.3) is 9.28 Å². The van der Waals surface area contributed by atoms with Crippen molar-refractivity contribution in [2.24, 2.45) is 0 Å². The zero-order valence-corrected chi connectivity index (χ0v) is 9.07. The van der Waals surface area contributed by atoms with Crippen LogP contribution in [-0.4, -0.2) is 65.3 Å². The van der Waals surface area contributed by atoms with Gasteiger partial charge < -0.3 is 13.7 Å². The molecule has 0 aromatic carbocycles. The molecule has 0 spiro atoms. The zero-order valence-electron chi connectivity index (χ0n) is 7.92. The van der Waals surface area contributed by atoms with Crippen LogP contribution in [0.3, 0.4) is 0 Å². The average Bonchev–Trinajstić information content (AvgIpc) is 1.59. The van der Waals surface area contributed by atoms with Crippen molar-refractivity contribution in [2.45, 2.75) is 0 Å². The van der Waals surface area contributed by atoms with Gasteiger partial charge in [-0.3, -0.25) is 0 Å². The minimum absolute atomic E-state index is 0.954. The fraction of sp³-hybridized carbons (Fsp3) is 1.00. The molecule has 0 amide bonds. The Kier molecular flexibility index (Phi) is 4.11. The first-order valence-corrected chi connectivity index (χ1v) is 5.01. The Hall–Kier alpha value is 0.0969.